The van der Waals surface area contributed by atoms with Gasteiger partial charge in [-0.1, -0.05) is 79.7 Å². The Morgan fingerprint density at radius 3 is 2.06 bits per heavy atom. The normalized spacial score (nSPS) is 15.2. The van der Waals surface area contributed by atoms with Gasteiger partial charge in [-0.25, -0.2) is 9.97 Å². The molecular weight excluding hydrogens is 406 g/mol. The molecule has 1 aromatic heterocycles. The Morgan fingerprint density at radius 1 is 0.818 bits per heavy atom. The molecule has 5 rings (SSSR count). The summed E-state index contributed by atoms with van der Waals surface area (Å²) >= 11 is 0. The van der Waals surface area contributed by atoms with Crippen LogP contribution in [-0.2, 0) is 25.9 Å². The first-order chi connectivity index (χ1) is 16.3. The second-order valence-electron chi connectivity index (χ2n) is 8.57. The van der Waals surface area contributed by atoms with Gasteiger partial charge in [0.2, 0.25) is 0 Å². The number of hydrogen-bond donors (Lipinski definition) is 0. The quantitative estimate of drug-likeness (QED) is 0.373. The largest absolute Gasteiger partial charge is 0.492 e. The molecule has 0 aliphatic carbocycles. The van der Waals surface area contributed by atoms with Gasteiger partial charge in [0.05, 0.1) is 0 Å². The van der Waals surface area contributed by atoms with Gasteiger partial charge in [-0.3, -0.25) is 4.90 Å². The Hall–Kier alpha value is -3.50. The molecule has 0 saturated carbocycles. The third-order valence-electron chi connectivity index (χ3n) is 6.31. The van der Waals surface area contributed by atoms with Crippen molar-refractivity contribution in [3.05, 3.63) is 114 Å². The lowest BCUT2D eigenvalue weighted by Crippen LogP contribution is -2.42. The summed E-state index contributed by atoms with van der Waals surface area (Å²) in [6.07, 6.45) is 5.65. The number of ether oxygens (including phenoxy) is 1. The first-order valence-corrected chi connectivity index (χ1v) is 11.7. The van der Waals surface area contributed by atoms with Crippen LogP contribution in [0.4, 0.5) is 0 Å². The molecule has 3 aromatic carbocycles. The fourth-order valence-electron chi connectivity index (χ4n) is 4.52. The first-order valence-electron chi connectivity index (χ1n) is 11.7. The molecule has 4 aromatic rings. The molecule has 166 valence electrons. The van der Waals surface area contributed by atoms with Gasteiger partial charge < -0.3 is 4.74 Å². The van der Waals surface area contributed by atoms with E-state index in [4.69, 9.17) is 4.74 Å². The maximum Gasteiger partial charge on any atom is 0.127 e. The minimum atomic E-state index is 0.273. The molecule has 0 N–H and O–H groups in total. The van der Waals surface area contributed by atoms with Crippen LogP contribution in [0, 0.1) is 0 Å². The average Bonchev–Trinajstić information content (AvgIpc) is 2.89. The predicted octanol–water partition coefficient (Wildman–Crippen LogP) is 5.71. The van der Waals surface area contributed by atoms with E-state index in [1.54, 1.807) is 0 Å². The van der Waals surface area contributed by atoms with E-state index in [0.717, 1.165) is 43.1 Å². The summed E-state index contributed by atoms with van der Waals surface area (Å²) < 4.78 is 6.32. The zero-order valence-corrected chi connectivity index (χ0v) is 19.0. The Labute approximate surface area is 195 Å². The highest BCUT2D eigenvalue weighted by Gasteiger charge is 2.28. The highest BCUT2D eigenvalue weighted by Crippen LogP contribution is 2.35. The lowest BCUT2D eigenvalue weighted by atomic mass is 9.93. The first kappa shape index (κ1) is 21.4. The fraction of sp³-hybridized carbons (Fsp3) is 0.241. The summed E-state index contributed by atoms with van der Waals surface area (Å²) in [5.74, 6) is 1.84. The lowest BCUT2D eigenvalue weighted by molar-refractivity contribution is 0.106. The monoisotopic (exact) mass is 435 g/mol. The number of nitrogens with zero attached hydrogens (tertiary/aromatic N) is 3. The molecule has 0 bridgehead atoms. The van der Waals surface area contributed by atoms with E-state index in [1.165, 1.54) is 22.3 Å². The van der Waals surface area contributed by atoms with Crippen LogP contribution in [0.15, 0.2) is 91.3 Å². The molecule has 0 unspecified atom stereocenters. The Bertz CT molecular complexity index is 1140. The minimum absolute atomic E-state index is 0.273. The summed E-state index contributed by atoms with van der Waals surface area (Å²) in [5, 5.41) is 0. The standard InChI is InChI=1S/C29H29N3O/c1-2-29-30-17-24(18-31-29)26-14-9-15-28-27(26)16-25(21-33-28)32(19-22-10-5-3-6-11-22)20-23-12-7-4-8-13-23/h3-15,17-18,25H,2,16,19-21H2,1H3/t25-/m0/s1. The number of fused-ring (bicyclic) bond motifs is 1. The van der Waals surface area contributed by atoms with Crippen LogP contribution in [0.3, 0.4) is 0 Å². The van der Waals surface area contributed by atoms with Crippen molar-refractivity contribution >= 4 is 0 Å². The Kier molecular flexibility index (Phi) is 6.45. The topological polar surface area (TPSA) is 38.2 Å². The van der Waals surface area contributed by atoms with E-state index in [-0.39, 0.29) is 6.04 Å². The molecule has 0 spiro atoms. The van der Waals surface area contributed by atoms with Gasteiger partial charge in [-0.05, 0) is 29.2 Å². The summed E-state index contributed by atoms with van der Waals surface area (Å²) in [4.78, 5) is 11.6. The number of benzene rings is 3. The van der Waals surface area contributed by atoms with Crippen LogP contribution < -0.4 is 4.74 Å². The van der Waals surface area contributed by atoms with Gasteiger partial charge in [0.1, 0.15) is 18.2 Å². The molecule has 4 nitrogen and oxygen atoms in total. The predicted molar refractivity (Wildman–Crippen MR) is 132 cm³/mol. The SMILES string of the molecule is CCc1ncc(-c2cccc3c2C[C@H](N(Cc2ccccc2)Cc2ccccc2)CO3)cn1. The van der Waals surface area contributed by atoms with Gasteiger partial charge in [0.25, 0.3) is 0 Å². The summed E-state index contributed by atoms with van der Waals surface area (Å²) in [6, 6.07) is 28.0. The zero-order valence-electron chi connectivity index (χ0n) is 19.0. The van der Waals surface area contributed by atoms with Crippen LogP contribution in [0.5, 0.6) is 5.75 Å². The molecule has 0 amide bonds. The van der Waals surface area contributed by atoms with Crippen molar-refractivity contribution < 1.29 is 4.74 Å². The number of rotatable bonds is 7. The van der Waals surface area contributed by atoms with Crippen LogP contribution >= 0.6 is 0 Å². The molecule has 1 aliphatic rings. The van der Waals surface area contributed by atoms with Gasteiger partial charge >= 0.3 is 0 Å². The van der Waals surface area contributed by atoms with Crippen molar-refractivity contribution in [3.8, 4) is 16.9 Å². The molecule has 0 radical (unpaired) electrons. The molecule has 4 heteroatoms. The van der Waals surface area contributed by atoms with E-state index < -0.39 is 0 Å². The molecule has 0 saturated heterocycles. The van der Waals surface area contributed by atoms with Crippen molar-refractivity contribution in [1.82, 2.24) is 14.9 Å². The Morgan fingerprint density at radius 2 is 1.45 bits per heavy atom. The molecule has 1 aliphatic heterocycles. The van der Waals surface area contributed by atoms with Gasteiger partial charge in [0, 0.05) is 49.1 Å². The fourth-order valence-corrected chi connectivity index (χ4v) is 4.52. The summed E-state index contributed by atoms with van der Waals surface area (Å²) in [7, 11) is 0. The van der Waals surface area contributed by atoms with E-state index in [9.17, 15) is 0 Å². The van der Waals surface area contributed by atoms with Gasteiger partial charge in [0.15, 0.2) is 0 Å². The molecule has 1 atom stereocenters. The van der Waals surface area contributed by atoms with Gasteiger partial charge in [-0.15, -0.1) is 0 Å². The van der Waals surface area contributed by atoms with E-state index in [1.807, 2.05) is 12.4 Å². The van der Waals surface area contributed by atoms with Crippen molar-refractivity contribution in [1.29, 1.82) is 0 Å². The van der Waals surface area contributed by atoms with Crippen LogP contribution in [-0.4, -0.2) is 27.5 Å². The minimum Gasteiger partial charge on any atom is -0.492 e. The van der Waals surface area contributed by atoms with Crippen LogP contribution in [0.2, 0.25) is 0 Å². The maximum absolute atomic E-state index is 6.32. The summed E-state index contributed by atoms with van der Waals surface area (Å²) in [6.45, 7) is 4.53. The number of aromatic nitrogens is 2. The average molecular weight is 436 g/mol. The molecular formula is C29H29N3O. The van der Waals surface area contributed by atoms with E-state index in [0.29, 0.717) is 6.61 Å². The van der Waals surface area contributed by atoms with Crippen molar-refractivity contribution in [3.63, 3.8) is 0 Å². The maximum atomic E-state index is 6.32. The van der Waals surface area contributed by atoms with Crippen LogP contribution in [0.1, 0.15) is 29.4 Å². The Balaban J connectivity index is 1.45. The molecule has 2 heterocycles. The second-order valence-corrected chi connectivity index (χ2v) is 8.57. The molecule has 33 heavy (non-hydrogen) atoms. The molecule has 0 fully saturated rings. The van der Waals surface area contributed by atoms with E-state index in [2.05, 4.69) is 101 Å². The van der Waals surface area contributed by atoms with Crippen molar-refractivity contribution in [2.45, 2.75) is 38.9 Å². The highest BCUT2D eigenvalue weighted by atomic mass is 16.5. The number of hydrogen-bond acceptors (Lipinski definition) is 4. The van der Waals surface area contributed by atoms with Crippen molar-refractivity contribution in [2.24, 2.45) is 0 Å². The third-order valence-corrected chi connectivity index (χ3v) is 6.31. The van der Waals surface area contributed by atoms with Crippen LogP contribution in [0.25, 0.3) is 11.1 Å². The third kappa shape index (κ3) is 4.96. The zero-order chi connectivity index (χ0) is 22.5. The lowest BCUT2D eigenvalue weighted by Gasteiger charge is -2.36. The van der Waals surface area contributed by atoms with E-state index >= 15 is 0 Å². The van der Waals surface area contributed by atoms with Crippen molar-refractivity contribution in [2.75, 3.05) is 6.61 Å². The second kappa shape index (κ2) is 9.97. The number of aryl methyl sites for hydroxylation is 1. The van der Waals surface area contributed by atoms with Gasteiger partial charge in [-0.2, -0.15) is 0 Å². The smallest absolute Gasteiger partial charge is 0.127 e. The summed E-state index contributed by atoms with van der Waals surface area (Å²) in [5.41, 5.74) is 6.09. The highest BCUT2D eigenvalue weighted by molar-refractivity contribution is 5.69.